The molecule has 82 valence electrons. The predicted molar refractivity (Wildman–Crippen MR) is 50.7 cm³/mol. The van der Waals surface area contributed by atoms with Crippen LogP contribution in [0.4, 0.5) is 13.2 Å². The number of carbonyl (C=O) groups excluding carboxylic acids is 1. The molecule has 1 amide bonds. The summed E-state index contributed by atoms with van der Waals surface area (Å²) < 4.78 is 42.2. The van der Waals surface area contributed by atoms with Crippen molar-refractivity contribution in [2.24, 2.45) is 5.41 Å². The van der Waals surface area contributed by atoms with Crippen LogP contribution in [0.25, 0.3) is 0 Å². The number of rotatable bonds is 2. The number of hydrogen-bond donors (Lipinski definition) is 0. The van der Waals surface area contributed by atoms with Gasteiger partial charge in [0, 0.05) is 20.0 Å². The fourth-order valence-electron chi connectivity index (χ4n) is 1.36. The van der Waals surface area contributed by atoms with E-state index in [-0.39, 0.29) is 19.0 Å². The molecule has 1 heterocycles. The molecule has 1 aliphatic heterocycles. The smallest absolute Gasteiger partial charge is 0.341 e. The van der Waals surface area contributed by atoms with Crippen molar-refractivity contribution in [2.45, 2.75) is 13.1 Å². The zero-order valence-corrected chi connectivity index (χ0v) is 9.55. The summed E-state index contributed by atoms with van der Waals surface area (Å²) in [6, 6.07) is 0. The fourth-order valence-corrected chi connectivity index (χ4v) is 1.96. The average Bonchev–Trinajstić information content (AvgIpc) is 1.91. The van der Waals surface area contributed by atoms with Crippen LogP contribution in [0.2, 0.25) is 0 Å². The van der Waals surface area contributed by atoms with Gasteiger partial charge in [-0.05, 0) is 0 Å². The first-order chi connectivity index (χ1) is 6.32. The van der Waals surface area contributed by atoms with E-state index in [9.17, 15) is 18.0 Å². The van der Waals surface area contributed by atoms with Gasteiger partial charge in [-0.25, -0.2) is 0 Å². The second kappa shape index (κ2) is 3.84. The quantitative estimate of drug-likeness (QED) is 0.725. The van der Waals surface area contributed by atoms with Crippen molar-refractivity contribution < 1.29 is 21.0 Å². The highest BCUT2D eigenvalue weighted by Crippen LogP contribution is 2.46. The van der Waals surface area contributed by atoms with Crippen LogP contribution >= 0.6 is 23.0 Å². The van der Waals surface area contributed by atoms with Crippen LogP contribution in [0, 0.1) is 5.41 Å². The number of amides is 1. The number of carbonyl (C=O) groups is 1. The number of halogens is 4. The van der Waals surface area contributed by atoms with Crippen molar-refractivity contribution in [3.63, 3.8) is 0 Å². The third-order valence-corrected chi connectivity index (χ3v) is 2.68. The Hall–Kier alpha value is -0.0500. The number of hydrogen-bond acceptors (Lipinski definition) is 2. The molecule has 1 rings (SSSR count). The van der Waals surface area contributed by atoms with Crippen molar-refractivity contribution in [3.05, 3.63) is 0 Å². The van der Waals surface area contributed by atoms with E-state index in [1.54, 1.807) is 0 Å². The van der Waals surface area contributed by atoms with E-state index in [1.807, 2.05) is 0 Å². The molecular weight excluding hydrogens is 314 g/mol. The van der Waals surface area contributed by atoms with Crippen LogP contribution in [0.1, 0.15) is 6.92 Å². The third kappa shape index (κ3) is 1.97. The van der Waals surface area contributed by atoms with Gasteiger partial charge in [-0.2, -0.15) is 13.2 Å². The minimum Gasteiger partial charge on any atom is -0.341 e. The van der Waals surface area contributed by atoms with E-state index in [2.05, 4.69) is 3.07 Å². The molecule has 0 bridgehead atoms. The molecular formula is C7H9F3INO2. The van der Waals surface area contributed by atoms with Crippen LogP contribution in [-0.2, 0) is 7.86 Å². The van der Waals surface area contributed by atoms with E-state index in [0.717, 1.165) is 4.90 Å². The summed E-state index contributed by atoms with van der Waals surface area (Å²) in [6.07, 6.45) is -4.32. The Morgan fingerprint density at radius 3 is 2.36 bits per heavy atom. The summed E-state index contributed by atoms with van der Waals surface area (Å²) in [7, 11) is 0. The van der Waals surface area contributed by atoms with Crippen LogP contribution < -0.4 is 0 Å². The van der Waals surface area contributed by atoms with E-state index in [0.29, 0.717) is 0 Å². The standard InChI is InChI=1S/C7H9F3INO2/c1-5(13)12-2-6(3-12,4-14-11)7(8,9)10/h2-4H2,1H3. The molecule has 1 aliphatic rings. The first-order valence-corrected chi connectivity index (χ1v) is 4.76. The Bertz CT molecular complexity index is 238. The highest BCUT2D eigenvalue weighted by Gasteiger charge is 2.62. The van der Waals surface area contributed by atoms with E-state index >= 15 is 0 Å². The van der Waals surface area contributed by atoms with Gasteiger partial charge in [0.25, 0.3) is 0 Å². The maximum atomic E-state index is 12.6. The van der Waals surface area contributed by atoms with Gasteiger partial charge >= 0.3 is 6.18 Å². The van der Waals surface area contributed by atoms with Crippen LogP contribution in [0.5, 0.6) is 0 Å². The number of nitrogens with zero attached hydrogens (tertiary/aromatic N) is 1. The molecule has 0 spiro atoms. The summed E-state index contributed by atoms with van der Waals surface area (Å²) in [5.41, 5.74) is -1.86. The van der Waals surface area contributed by atoms with Gasteiger partial charge in [-0.15, -0.1) is 0 Å². The molecule has 1 fully saturated rings. The Morgan fingerprint density at radius 2 is 2.07 bits per heavy atom. The monoisotopic (exact) mass is 323 g/mol. The maximum absolute atomic E-state index is 12.6. The second-order valence-corrected chi connectivity index (χ2v) is 4.03. The van der Waals surface area contributed by atoms with Crippen molar-refractivity contribution >= 4 is 28.9 Å². The minimum absolute atomic E-state index is 0.297. The average molecular weight is 323 g/mol. The lowest BCUT2D eigenvalue weighted by molar-refractivity contribution is -0.269. The van der Waals surface area contributed by atoms with Gasteiger partial charge in [-0.3, -0.25) is 4.79 Å². The van der Waals surface area contributed by atoms with Crippen LogP contribution in [0.15, 0.2) is 0 Å². The predicted octanol–water partition coefficient (Wildman–Crippen LogP) is 1.76. The largest absolute Gasteiger partial charge is 0.400 e. The van der Waals surface area contributed by atoms with E-state index in [4.69, 9.17) is 0 Å². The molecule has 0 N–H and O–H groups in total. The van der Waals surface area contributed by atoms with Gasteiger partial charge in [-0.1, -0.05) is 0 Å². The highest BCUT2D eigenvalue weighted by atomic mass is 127. The van der Waals surface area contributed by atoms with Gasteiger partial charge in [0.2, 0.25) is 5.91 Å². The molecule has 0 atom stereocenters. The van der Waals surface area contributed by atoms with E-state index < -0.39 is 18.2 Å². The molecule has 1 saturated heterocycles. The lowest BCUT2D eigenvalue weighted by atomic mass is 9.80. The molecule has 0 aliphatic carbocycles. The molecule has 7 heteroatoms. The summed E-state index contributed by atoms with van der Waals surface area (Å²) in [5, 5.41) is 0. The van der Waals surface area contributed by atoms with Crippen molar-refractivity contribution in [3.8, 4) is 0 Å². The minimum atomic E-state index is -4.32. The first-order valence-electron chi connectivity index (χ1n) is 3.88. The van der Waals surface area contributed by atoms with Crippen molar-refractivity contribution in [1.29, 1.82) is 0 Å². The Labute approximate surface area is 93.3 Å². The zero-order chi connectivity index (χ0) is 11.0. The van der Waals surface area contributed by atoms with Gasteiger partial charge in [0.1, 0.15) is 28.4 Å². The summed E-state index contributed by atoms with van der Waals surface area (Å²) in [4.78, 5) is 11.9. The summed E-state index contributed by atoms with van der Waals surface area (Å²) in [5.74, 6) is -0.335. The molecule has 0 aromatic rings. The maximum Gasteiger partial charge on any atom is 0.400 e. The SMILES string of the molecule is CC(=O)N1CC(COI)(C(F)(F)F)C1. The topological polar surface area (TPSA) is 29.5 Å². The van der Waals surface area contributed by atoms with Crippen molar-refractivity contribution in [1.82, 2.24) is 4.90 Å². The molecule has 0 aromatic carbocycles. The Morgan fingerprint density at radius 1 is 1.57 bits per heavy atom. The molecule has 3 nitrogen and oxygen atoms in total. The van der Waals surface area contributed by atoms with Crippen molar-refractivity contribution in [2.75, 3.05) is 19.7 Å². The Kier molecular flexibility index (Phi) is 3.30. The van der Waals surface area contributed by atoms with Gasteiger partial charge in [0.05, 0.1) is 6.61 Å². The number of alkyl halides is 3. The lowest BCUT2D eigenvalue weighted by Crippen LogP contribution is -2.66. The fraction of sp³-hybridized carbons (Fsp3) is 0.857. The lowest BCUT2D eigenvalue weighted by Gasteiger charge is -2.49. The normalized spacial score (nSPS) is 20.5. The first kappa shape index (κ1) is 12.0. The molecule has 0 unspecified atom stereocenters. The molecule has 0 saturated carbocycles. The highest BCUT2D eigenvalue weighted by molar-refractivity contribution is 14.1. The molecule has 14 heavy (non-hydrogen) atoms. The number of likely N-dealkylation sites (tertiary alicyclic amines) is 1. The summed E-state index contributed by atoms with van der Waals surface area (Å²) in [6.45, 7) is 0.260. The molecule has 0 radical (unpaired) electrons. The van der Waals surface area contributed by atoms with E-state index in [1.165, 1.54) is 29.9 Å². The summed E-state index contributed by atoms with van der Waals surface area (Å²) >= 11 is 1.43. The third-order valence-electron chi connectivity index (χ3n) is 2.36. The Balaban J connectivity index is 2.67. The van der Waals surface area contributed by atoms with Crippen LogP contribution in [-0.4, -0.2) is 36.7 Å². The molecule has 0 aromatic heterocycles. The zero-order valence-electron chi connectivity index (χ0n) is 7.40. The van der Waals surface area contributed by atoms with Gasteiger partial charge < -0.3 is 7.97 Å². The van der Waals surface area contributed by atoms with Gasteiger partial charge in [0.15, 0.2) is 0 Å². The second-order valence-electron chi connectivity index (χ2n) is 3.41. The van der Waals surface area contributed by atoms with Crippen LogP contribution in [0.3, 0.4) is 0 Å².